The van der Waals surface area contributed by atoms with Gasteiger partial charge in [0.2, 0.25) is 29.5 Å². The predicted octanol–water partition coefficient (Wildman–Crippen LogP) is -1.74. The van der Waals surface area contributed by atoms with Crippen LogP contribution in [-0.2, 0) is 54.8 Å². The molecule has 257 valence electrons. The van der Waals surface area contributed by atoms with Crippen molar-refractivity contribution >= 4 is 72.2 Å². The van der Waals surface area contributed by atoms with E-state index in [0.29, 0.717) is 13.0 Å². The van der Waals surface area contributed by atoms with Crippen molar-refractivity contribution in [1.82, 2.24) is 16.0 Å². The van der Waals surface area contributed by atoms with Crippen molar-refractivity contribution in [3.63, 3.8) is 0 Å². The minimum absolute atomic E-state index is 0. The van der Waals surface area contributed by atoms with E-state index in [2.05, 4.69) is 20.9 Å². The van der Waals surface area contributed by atoms with Gasteiger partial charge in [0.05, 0.1) is 25.7 Å². The summed E-state index contributed by atoms with van der Waals surface area (Å²) in [6.07, 6.45) is -1.63. The Bertz CT molecular complexity index is 959. The maximum atomic E-state index is 12.2. The molecule has 0 aromatic heterocycles. The van der Waals surface area contributed by atoms with E-state index in [9.17, 15) is 38.4 Å². The Hall–Kier alpha value is -3.78. The molecule has 1 radical (unpaired) electrons. The van der Waals surface area contributed by atoms with E-state index in [1.165, 1.54) is 0 Å². The Labute approximate surface area is 268 Å². The van der Waals surface area contributed by atoms with Crippen molar-refractivity contribution in [3.05, 3.63) is 18.8 Å². The Morgan fingerprint density at radius 3 is 1.61 bits per heavy atom. The molecule has 44 heavy (non-hydrogen) atoms. The van der Waals surface area contributed by atoms with E-state index in [4.69, 9.17) is 57.1 Å². The van der Waals surface area contributed by atoms with Gasteiger partial charge in [-0.2, -0.15) is 0 Å². The number of nitrogens with zero attached hydrogens (tertiary/aromatic N) is 1. The second-order valence-electron chi connectivity index (χ2n) is 7.58. The van der Waals surface area contributed by atoms with Crippen molar-refractivity contribution in [2.45, 2.75) is 57.0 Å². The zero-order chi connectivity index (χ0) is 33.3. The van der Waals surface area contributed by atoms with Crippen molar-refractivity contribution < 1.29 is 70.2 Å². The van der Waals surface area contributed by atoms with Crippen LogP contribution in [-0.4, -0.2) is 87.4 Å². The molecule has 0 aliphatic carbocycles. The fourth-order valence-electron chi connectivity index (χ4n) is 2.35. The Balaban J connectivity index is -0.000000332. The van der Waals surface area contributed by atoms with E-state index in [0.717, 1.165) is 0 Å². The van der Waals surface area contributed by atoms with Gasteiger partial charge in [-0.25, -0.2) is 0 Å². The Morgan fingerprint density at radius 1 is 0.773 bits per heavy atom. The maximum Gasteiger partial charge on any atom is -0.693 e. The topological polar surface area (TPSA) is 417 Å². The van der Waals surface area contributed by atoms with Crippen molar-refractivity contribution in [3.8, 4) is 0 Å². The monoisotopic (exact) mass is 858 g/mol. The number of carboxylic acids is 3. The van der Waals surface area contributed by atoms with Gasteiger partial charge < -0.3 is 66.5 Å². The number of aliphatic carboxylic acids is 3. The molecule has 0 heterocycles. The van der Waals surface area contributed by atoms with Crippen LogP contribution in [0.15, 0.2) is 4.99 Å². The van der Waals surface area contributed by atoms with Crippen molar-refractivity contribution in [1.29, 1.82) is 0 Å². The minimum Gasteiger partial charge on any atom is -0.693 e. The van der Waals surface area contributed by atoms with Gasteiger partial charge >= 0.3 is 53.2 Å². The van der Waals surface area contributed by atoms with Gasteiger partial charge in [-0.3, -0.25) is 43.3 Å². The summed E-state index contributed by atoms with van der Waals surface area (Å²) in [6.45, 7) is 0.879. The zero-order valence-electron chi connectivity index (χ0n) is 23.0. The standard InChI is InChI=1S/C16H27N8O7.C4H6O4.2ClH.2H2N.Pt/c17-10(25)6-9(24-11(26)3-4-13(28)29)15(31)22-7-12(27)23-8(14(18)30)2-1-5-21-16(19)20;5-3(6)1-2-4(7)8;;;;;/h7-9H,1-6H2,(H2,17,25)(H2,18,30)(H,22,31)(H,23,27)(H,24,26)(H,28,29)(H4,19,20,21);1-2H2,(H,5,6)(H,7,8);2*1H;2*1H2;/q;;;;2*-1;+4/p-2. The largest absolute Gasteiger partial charge is 0.693 e. The van der Waals surface area contributed by atoms with E-state index in [1.54, 1.807) is 0 Å². The van der Waals surface area contributed by atoms with E-state index < -0.39 is 95.3 Å². The number of primary amides is 2. The molecule has 0 aromatic carbocycles. The summed E-state index contributed by atoms with van der Waals surface area (Å²) in [7, 11) is 9.75. The average Bonchev–Trinajstić information content (AvgIpc) is 2.86. The number of nitrogens with one attached hydrogen (secondary N) is 3. The number of carbonyl (C=O) groups is 8. The first-order valence-electron chi connectivity index (χ1n) is 11.3. The smallest absolute Gasteiger partial charge is 0.693 e. The van der Waals surface area contributed by atoms with Gasteiger partial charge in [0.1, 0.15) is 18.6 Å². The predicted molar refractivity (Wildman–Crippen MR) is 153 cm³/mol. The van der Waals surface area contributed by atoms with Gasteiger partial charge in [-0.15, -0.1) is 0 Å². The van der Waals surface area contributed by atoms with Gasteiger partial charge in [-0.05, 0) is 12.8 Å². The molecular formula is C20H37Cl2N10O11Pt. The number of halogens is 2. The van der Waals surface area contributed by atoms with Crippen LogP contribution in [0.4, 0.5) is 0 Å². The summed E-state index contributed by atoms with van der Waals surface area (Å²) in [5, 5.41) is 30.9. The molecule has 0 spiro atoms. The van der Waals surface area contributed by atoms with Gasteiger partial charge in [-0.1, -0.05) is 0 Å². The van der Waals surface area contributed by atoms with Crippen LogP contribution in [0.3, 0.4) is 0 Å². The van der Waals surface area contributed by atoms with E-state index in [-0.39, 0.29) is 44.1 Å². The molecule has 2 atom stereocenters. The second kappa shape index (κ2) is 30.7. The first-order valence-corrected chi connectivity index (χ1v) is 16.9. The normalized spacial score (nSPS) is 10.5. The van der Waals surface area contributed by atoms with Gasteiger partial charge in [0.25, 0.3) is 0 Å². The molecule has 0 saturated heterocycles. The van der Waals surface area contributed by atoms with E-state index >= 15 is 0 Å². The molecule has 0 bridgehead atoms. The molecule has 0 aromatic rings. The van der Waals surface area contributed by atoms with Crippen LogP contribution in [0.25, 0.3) is 12.3 Å². The number of nitrogens with two attached hydrogens (primary N) is 6. The third-order valence-electron chi connectivity index (χ3n) is 4.13. The fourth-order valence-corrected chi connectivity index (χ4v) is 2.35. The number of hydrogen-bond acceptors (Lipinski definition) is 9. The minimum atomic E-state index is -1.44. The zero-order valence-corrected chi connectivity index (χ0v) is 26.8. The number of carboxylic acid groups (broad SMARTS) is 3. The third-order valence-corrected chi connectivity index (χ3v) is 4.13. The second-order valence-corrected chi connectivity index (χ2v) is 10.9. The molecule has 0 saturated carbocycles. The summed E-state index contributed by atoms with van der Waals surface area (Å²) in [5.74, 6) is -7.89. The summed E-state index contributed by atoms with van der Waals surface area (Å²) in [5.41, 5.74) is 20.6. The summed E-state index contributed by atoms with van der Waals surface area (Å²) < 4.78 is 0. The Morgan fingerprint density at radius 2 is 1.23 bits per heavy atom. The van der Waals surface area contributed by atoms with Crippen LogP contribution >= 0.6 is 18.8 Å². The van der Waals surface area contributed by atoms with Gasteiger partial charge in [0, 0.05) is 13.0 Å². The van der Waals surface area contributed by atoms with Gasteiger partial charge in [0.15, 0.2) is 5.96 Å². The molecule has 24 heteroatoms. The number of aliphatic imine (C=N–C) groups is 1. The molecular weight excluding hydrogens is 822 g/mol. The van der Waals surface area contributed by atoms with Crippen molar-refractivity contribution in [2.24, 2.45) is 27.9 Å². The SMILES string of the molecule is NC(=O)CC(NC(=O)CCC(=O)O)C(=O)N[CH]C(=O)NC(CCCN=C(N)N)C(N)=O.O=C(O)CCC(=O)O.[Cl][Pt+2][Cl].[NH2-].[NH2-]. The quantitative estimate of drug-likeness (QED) is 0.0416. The number of hydrogen-bond donors (Lipinski definition) is 10. The third kappa shape index (κ3) is 36.2. The molecule has 0 aliphatic rings. The van der Waals surface area contributed by atoms with Crippen LogP contribution in [0.2, 0.25) is 0 Å². The molecule has 0 aliphatic heterocycles. The molecule has 21 nitrogen and oxygen atoms in total. The van der Waals surface area contributed by atoms with Crippen LogP contribution in [0, 0.1) is 6.54 Å². The molecule has 18 N–H and O–H groups in total. The number of carbonyl (C=O) groups excluding carboxylic acids is 5. The van der Waals surface area contributed by atoms with Crippen LogP contribution in [0.1, 0.15) is 44.9 Å². The number of guanidine groups is 1. The first-order chi connectivity index (χ1) is 19.5. The summed E-state index contributed by atoms with van der Waals surface area (Å²) in [4.78, 5) is 91.9. The van der Waals surface area contributed by atoms with Crippen LogP contribution in [0.5, 0.6) is 0 Å². The molecule has 0 fully saturated rings. The molecule has 0 rings (SSSR count). The first kappa shape index (κ1) is 49.9. The Kier molecular flexibility index (Phi) is 34.8. The molecule has 2 unspecified atom stereocenters. The van der Waals surface area contributed by atoms with Crippen molar-refractivity contribution in [2.75, 3.05) is 6.54 Å². The van der Waals surface area contributed by atoms with Crippen LogP contribution < -0.4 is 38.9 Å². The average molecular weight is 860 g/mol. The maximum absolute atomic E-state index is 12.2. The molecule has 5 amide bonds. The summed E-state index contributed by atoms with van der Waals surface area (Å²) >= 11 is -0.472. The number of rotatable bonds is 18. The number of amides is 5. The van der Waals surface area contributed by atoms with E-state index in [1.807, 2.05) is 0 Å². The fraction of sp³-hybridized carbons (Fsp3) is 0.500. The summed E-state index contributed by atoms with van der Waals surface area (Å²) in [6, 6.07) is -2.50.